The Hall–Kier alpha value is -2.96. The third-order valence-corrected chi connectivity index (χ3v) is 7.78. The fraction of sp³-hybridized carbons (Fsp3) is 0.269. The van der Waals surface area contributed by atoms with Gasteiger partial charge in [0.25, 0.3) is 5.91 Å². The molecule has 0 spiro atoms. The van der Waals surface area contributed by atoms with Crippen molar-refractivity contribution in [2.45, 2.75) is 31.6 Å². The first-order chi connectivity index (χ1) is 15.4. The van der Waals surface area contributed by atoms with Gasteiger partial charge in [0, 0.05) is 18.7 Å². The summed E-state index contributed by atoms with van der Waals surface area (Å²) in [7, 11) is -3.31. The molecule has 0 aromatic heterocycles. The monoisotopic (exact) mass is 448 g/mol. The minimum atomic E-state index is -3.31. The van der Waals surface area contributed by atoms with E-state index in [4.69, 9.17) is 0 Å². The topological polar surface area (TPSA) is 66.5 Å². The van der Waals surface area contributed by atoms with Crippen LogP contribution in [0.1, 0.15) is 51.5 Å². The Labute approximate surface area is 190 Å². The normalized spacial score (nSPS) is 15.4. The summed E-state index contributed by atoms with van der Waals surface area (Å²) in [6, 6.07) is 24.5. The molecule has 3 aromatic rings. The average molecular weight is 449 g/mol. The summed E-state index contributed by atoms with van der Waals surface area (Å²) in [4.78, 5) is 13.1. The third kappa shape index (κ3) is 5.09. The molecule has 5 nitrogen and oxygen atoms in total. The first kappa shape index (κ1) is 22.2. The van der Waals surface area contributed by atoms with Crippen molar-refractivity contribution in [2.24, 2.45) is 0 Å². The lowest BCUT2D eigenvalue weighted by molar-refractivity contribution is 0.0943. The molecule has 1 amide bonds. The molecule has 0 aliphatic carbocycles. The second-order valence-corrected chi connectivity index (χ2v) is 10.2. The molecule has 1 heterocycles. The molecule has 1 aliphatic rings. The van der Waals surface area contributed by atoms with Gasteiger partial charge in [-0.3, -0.25) is 4.79 Å². The molecular formula is C26H28N2O3S. The summed E-state index contributed by atoms with van der Waals surface area (Å²) in [5.74, 6) is -0.235. The first-order valence-corrected chi connectivity index (χ1v) is 12.5. The zero-order valence-electron chi connectivity index (χ0n) is 18.2. The number of rotatable bonds is 7. The van der Waals surface area contributed by atoms with Crippen molar-refractivity contribution in [3.05, 3.63) is 107 Å². The van der Waals surface area contributed by atoms with Gasteiger partial charge in [0.2, 0.25) is 10.0 Å². The Kier molecular flexibility index (Phi) is 6.72. The van der Waals surface area contributed by atoms with Gasteiger partial charge < -0.3 is 5.32 Å². The zero-order chi connectivity index (χ0) is 22.6. The Morgan fingerprint density at radius 3 is 2.19 bits per heavy atom. The Balaban J connectivity index is 1.52. The van der Waals surface area contributed by atoms with E-state index in [1.54, 1.807) is 28.6 Å². The van der Waals surface area contributed by atoms with Crippen LogP contribution in [-0.4, -0.2) is 31.7 Å². The molecule has 32 heavy (non-hydrogen) atoms. The number of benzene rings is 3. The van der Waals surface area contributed by atoms with Gasteiger partial charge >= 0.3 is 0 Å². The van der Waals surface area contributed by atoms with E-state index in [0.29, 0.717) is 24.2 Å². The van der Waals surface area contributed by atoms with Gasteiger partial charge in [-0.05, 0) is 54.2 Å². The molecule has 1 saturated heterocycles. The maximum atomic E-state index is 13.1. The molecule has 3 aromatic carbocycles. The van der Waals surface area contributed by atoms with Crippen LogP contribution >= 0.6 is 0 Å². The van der Waals surface area contributed by atoms with Crippen LogP contribution in [0.15, 0.2) is 78.9 Å². The van der Waals surface area contributed by atoms with Gasteiger partial charge in [-0.15, -0.1) is 0 Å². The molecular weight excluding hydrogens is 420 g/mol. The van der Waals surface area contributed by atoms with Crippen molar-refractivity contribution in [3.63, 3.8) is 0 Å². The Bertz CT molecular complexity index is 1170. The standard InChI is InChI=1S/C26H28N2O3S/c1-20-9-5-6-12-24(20)25(22-10-3-2-4-11-22)27-26(29)23-15-13-21(14-16-23)19-32(30,31)28-17-7-8-18-28/h2-6,9-16,25H,7-8,17-19H2,1H3,(H,27,29)/t25-/m0/s1. The fourth-order valence-corrected chi connectivity index (χ4v) is 5.74. The van der Waals surface area contributed by atoms with E-state index in [1.165, 1.54) is 0 Å². The van der Waals surface area contributed by atoms with Crippen LogP contribution in [0.5, 0.6) is 0 Å². The van der Waals surface area contributed by atoms with Gasteiger partial charge in [0.15, 0.2) is 0 Å². The summed E-state index contributed by atoms with van der Waals surface area (Å²) < 4.78 is 26.7. The molecule has 4 rings (SSSR count). The molecule has 0 unspecified atom stereocenters. The number of sulfonamides is 1. The Morgan fingerprint density at radius 1 is 0.906 bits per heavy atom. The summed E-state index contributed by atoms with van der Waals surface area (Å²) in [5, 5.41) is 3.15. The smallest absolute Gasteiger partial charge is 0.252 e. The van der Waals surface area contributed by atoms with Crippen molar-refractivity contribution in [1.82, 2.24) is 9.62 Å². The lowest BCUT2D eigenvalue weighted by Gasteiger charge is -2.22. The van der Waals surface area contributed by atoms with Crippen LogP contribution in [0.4, 0.5) is 0 Å². The predicted octanol–water partition coefficient (Wildman–Crippen LogP) is 4.44. The molecule has 166 valence electrons. The summed E-state index contributed by atoms with van der Waals surface area (Å²) in [6.07, 6.45) is 1.84. The highest BCUT2D eigenvalue weighted by atomic mass is 32.2. The van der Waals surface area contributed by atoms with Gasteiger partial charge in [-0.2, -0.15) is 0 Å². The van der Waals surface area contributed by atoms with E-state index in [0.717, 1.165) is 29.5 Å². The van der Waals surface area contributed by atoms with Crippen LogP contribution < -0.4 is 5.32 Å². The number of nitrogens with zero attached hydrogens (tertiary/aromatic N) is 1. The van der Waals surface area contributed by atoms with Crippen LogP contribution in [0, 0.1) is 6.92 Å². The largest absolute Gasteiger partial charge is 0.341 e. The van der Waals surface area contributed by atoms with E-state index in [-0.39, 0.29) is 17.7 Å². The number of nitrogens with one attached hydrogen (secondary N) is 1. The van der Waals surface area contributed by atoms with E-state index < -0.39 is 10.0 Å². The lowest BCUT2D eigenvalue weighted by atomic mass is 9.94. The van der Waals surface area contributed by atoms with E-state index in [9.17, 15) is 13.2 Å². The van der Waals surface area contributed by atoms with Crippen LogP contribution in [-0.2, 0) is 15.8 Å². The van der Waals surface area contributed by atoms with Crippen molar-refractivity contribution in [2.75, 3.05) is 13.1 Å². The molecule has 1 N–H and O–H groups in total. The van der Waals surface area contributed by atoms with Gasteiger partial charge in [0.1, 0.15) is 0 Å². The van der Waals surface area contributed by atoms with E-state index in [2.05, 4.69) is 5.32 Å². The number of aryl methyl sites for hydroxylation is 1. The number of hydrogen-bond donors (Lipinski definition) is 1. The van der Waals surface area contributed by atoms with E-state index in [1.807, 2.05) is 61.5 Å². The highest BCUT2D eigenvalue weighted by Gasteiger charge is 2.25. The van der Waals surface area contributed by atoms with Crippen molar-refractivity contribution in [1.29, 1.82) is 0 Å². The zero-order valence-corrected chi connectivity index (χ0v) is 19.0. The van der Waals surface area contributed by atoms with Crippen molar-refractivity contribution < 1.29 is 13.2 Å². The maximum absolute atomic E-state index is 13.1. The second-order valence-electron chi connectivity index (χ2n) is 8.23. The number of hydrogen-bond acceptors (Lipinski definition) is 3. The summed E-state index contributed by atoms with van der Waals surface area (Å²) >= 11 is 0. The van der Waals surface area contributed by atoms with Crippen LogP contribution in [0.3, 0.4) is 0 Å². The summed E-state index contributed by atoms with van der Waals surface area (Å²) in [6.45, 7) is 3.23. The number of carbonyl (C=O) groups is 1. The maximum Gasteiger partial charge on any atom is 0.252 e. The number of amides is 1. The SMILES string of the molecule is Cc1ccccc1[C@@H](NC(=O)c1ccc(CS(=O)(=O)N2CCCC2)cc1)c1ccccc1. The lowest BCUT2D eigenvalue weighted by Crippen LogP contribution is -2.30. The molecule has 0 saturated carbocycles. The fourth-order valence-electron chi connectivity index (χ4n) is 4.13. The molecule has 1 aliphatic heterocycles. The molecule has 6 heteroatoms. The number of carbonyl (C=O) groups excluding carboxylic acids is 1. The molecule has 0 radical (unpaired) electrons. The molecule has 1 fully saturated rings. The Morgan fingerprint density at radius 2 is 1.53 bits per heavy atom. The minimum absolute atomic E-state index is 0.0370. The third-order valence-electron chi connectivity index (χ3n) is 5.93. The second kappa shape index (κ2) is 9.67. The molecule has 0 bridgehead atoms. The quantitative estimate of drug-likeness (QED) is 0.581. The van der Waals surface area contributed by atoms with Crippen molar-refractivity contribution >= 4 is 15.9 Å². The average Bonchev–Trinajstić information content (AvgIpc) is 3.35. The van der Waals surface area contributed by atoms with Crippen molar-refractivity contribution in [3.8, 4) is 0 Å². The van der Waals surface area contributed by atoms with Gasteiger partial charge in [0.05, 0.1) is 11.8 Å². The van der Waals surface area contributed by atoms with Crippen LogP contribution in [0.2, 0.25) is 0 Å². The van der Waals surface area contributed by atoms with Gasteiger partial charge in [-0.1, -0.05) is 66.7 Å². The summed E-state index contributed by atoms with van der Waals surface area (Å²) in [5.41, 5.74) is 4.33. The van der Waals surface area contributed by atoms with E-state index >= 15 is 0 Å². The first-order valence-electron chi connectivity index (χ1n) is 10.9. The van der Waals surface area contributed by atoms with Crippen LogP contribution in [0.25, 0.3) is 0 Å². The van der Waals surface area contributed by atoms with Gasteiger partial charge in [-0.25, -0.2) is 12.7 Å². The highest BCUT2D eigenvalue weighted by Crippen LogP contribution is 2.25. The highest BCUT2D eigenvalue weighted by molar-refractivity contribution is 7.88. The minimum Gasteiger partial charge on any atom is -0.341 e. The molecule has 1 atom stereocenters. The predicted molar refractivity (Wildman–Crippen MR) is 127 cm³/mol.